The Morgan fingerprint density at radius 1 is 0.667 bits per heavy atom. The van der Waals surface area contributed by atoms with Gasteiger partial charge in [0, 0.05) is 23.0 Å². The summed E-state index contributed by atoms with van der Waals surface area (Å²) in [7, 11) is 0. The smallest absolute Gasteiger partial charge is 0.266 e. The Balaban J connectivity index is 1.93. The van der Waals surface area contributed by atoms with Crippen molar-refractivity contribution in [3.05, 3.63) is 130 Å². The van der Waals surface area contributed by atoms with Gasteiger partial charge in [-0.2, -0.15) is 0 Å². The number of benzene rings is 3. The first-order valence-corrected chi connectivity index (χ1v) is 9.31. The van der Waals surface area contributed by atoms with E-state index in [9.17, 15) is 19.5 Å². The summed E-state index contributed by atoms with van der Waals surface area (Å²) in [5.74, 6) is -1.13. The highest BCUT2D eigenvalue weighted by Gasteiger charge is 2.21. The number of hydrogen-bond acceptors (Lipinski definition) is 4. The molecule has 30 heavy (non-hydrogen) atoms. The number of phenolic OH excluding ortho intramolecular Hbond substituents is 1. The number of ketones is 2. The Bertz CT molecular complexity index is 1290. The number of carbonyl (C=O) groups is 2. The molecule has 1 N–H and O–H groups in total. The number of aromatic nitrogens is 1. The van der Waals surface area contributed by atoms with Crippen molar-refractivity contribution in [2.24, 2.45) is 0 Å². The molecule has 5 nitrogen and oxygen atoms in total. The molecule has 0 unspecified atom stereocenters. The van der Waals surface area contributed by atoms with Crippen LogP contribution in [0.25, 0.3) is 5.69 Å². The minimum atomic E-state index is -0.524. The largest absolute Gasteiger partial charge is 0.507 e. The minimum Gasteiger partial charge on any atom is -0.507 e. The SMILES string of the molecule is O=C(c1cc(C(=O)c2ccccc2)c(=O)n(-c2ccccc2)c1)c1ccccc1O. The van der Waals surface area contributed by atoms with E-state index in [4.69, 9.17) is 0 Å². The van der Waals surface area contributed by atoms with Gasteiger partial charge in [0.2, 0.25) is 0 Å². The van der Waals surface area contributed by atoms with Crippen LogP contribution in [0.15, 0.2) is 102 Å². The summed E-state index contributed by atoms with van der Waals surface area (Å²) < 4.78 is 1.28. The van der Waals surface area contributed by atoms with Crippen molar-refractivity contribution in [2.45, 2.75) is 0 Å². The first-order valence-electron chi connectivity index (χ1n) is 9.31. The molecule has 0 saturated heterocycles. The van der Waals surface area contributed by atoms with Gasteiger partial charge in [-0.1, -0.05) is 60.7 Å². The van der Waals surface area contributed by atoms with Gasteiger partial charge in [-0.3, -0.25) is 19.0 Å². The molecule has 4 aromatic rings. The lowest BCUT2D eigenvalue weighted by atomic mass is 9.99. The summed E-state index contributed by atoms with van der Waals surface area (Å²) in [6, 6.07) is 24.6. The molecule has 0 bridgehead atoms. The van der Waals surface area contributed by atoms with E-state index < -0.39 is 17.1 Å². The van der Waals surface area contributed by atoms with Gasteiger partial charge in [0.25, 0.3) is 5.56 Å². The molecule has 0 atom stereocenters. The molecule has 4 rings (SSSR count). The average Bonchev–Trinajstić information content (AvgIpc) is 2.80. The van der Waals surface area contributed by atoms with Crippen molar-refractivity contribution >= 4 is 11.6 Å². The van der Waals surface area contributed by atoms with E-state index in [1.54, 1.807) is 66.7 Å². The molecule has 1 heterocycles. The number of para-hydroxylation sites is 2. The van der Waals surface area contributed by atoms with Crippen LogP contribution in [-0.2, 0) is 0 Å². The molecule has 0 aliphatic carbocycles. The van der Waals surface area contributed by atoms with Gasteiger partial charge in [0.1, 0.15) is 5.75 Å². The van der Waals surface area contributed by atoms with E-state index in [1.165, 1.54) is 29.0 Å². The molecule has 0 fully saturated rings. The third-order valence-electron chi connectivity index (χ3n) is 4.74. The molecular formula is C25H17NO4. The van der Waals surface area contributed by atoms with Crippen molar-refractivity contribution in [3.63, 3.8) is 0 Å². The van der Waals surface area contributed by atoms with Crippen LogP contribution in [0.4, 0.5) is 0 Å². The molecule has 5 heteroatoms. The molecule has 0 spiro atoms. The van der Waals surface area contributed by atoms with Gasteiger partial charge in [0.05, 0.1) is 11.1 Å². The van der Waals surface area contributed by atoms with Crippen LogP contribution in [-0.4, -0.2) is 21.2 Å². The fourth-order valence-electron chi connectivity index (χ4n) is 3.22. The van der Waals surface area contributed by atoms with Gasteiger partial charge in [-0.05, 0) is 30.3 Å². The van der Waals surface area contributed by atoms with Crippen LogP contribution >= 0.6 is 0 Å². The average molecular weight is 395 g/mol. The maximum absolute atomic E-state index is 13.1. The summed E-state index contributed by atoms with van der Waals surface area (Å²) >= 11 is 0. The highest BCUT2D eigenvalue weighted by molar-refractivity contribution is 6.13. The lowest BCUT2D eigenvalue weighted by Crippen LogP contribution is -2.27. The van der Waals surface area contributed by atoms with Crippen LogP contribution in [0.2, 0.25) is 0 Å². The third kappa shape index (κ3) is 3.56. The predicted molar refractivity (Wildman–Crippen MR) is 113 cm³/mol. The Morgan fingerprint density at radius 3 is 1.90 bits per heavy atom. The highest BCUT2D eigenvalue weighted by Crippen LogP contribution is 2.21. The lowest BCUT2D eigenvalue weighted by Gasteiger charge is -2.12. The predicted octanol–water partition coefficient (Wildman–Crippen LogP) is 4.01. The zero-order chi connectivity index (χ0) is 21.1. The number of carbonyl (C=O) groups excluding carboxylic acids is 2. The zero-order valence-electron chi connectivity index (χ0n) is 15.9. The first kappa shape index (κ1) is 19.1. The van der Waals surface area contributed by atoms with Crippen molar-refractivity contribution in [2.75, 3.05) is 0 Å². The monoisotopic (exact) mass is 395 g/mol. The van der Waals surface area contributed by atoms with Gasteiger partial charge >= 0.3 is 0 Å². The molecule has 3 aromatic carbocycles. The zero-order valence-corrected chi connectivity index (χ0v) is 15.9. The van der Waals surface area contributed by atoms with Crippen molar-refractivity contribution < 1.29 is 14.7 Å². The summed E-state index contributed by atoms with van der Waals surface area (Å²) in [6.45, 7) is 0. The van der Waals surface area contributed by atoms with Crippen LogP contribution in [0.5, 0.6) is 5.75 Å². The molecular weight excluding hydrogens is 378 g/mol. The Morgan fingerprint density at radius 2 is 1.23 bits per heavy atom. The molecule has 0 radical (unpaired) electrons. The van der Waals surface area contributed by atoms with E-state index in [0.717, 1.165) is 0 Å². The molecule has 0 amide bonds. The molecule has 0 aliphatic rings. The molecule has 0 saturated carbocycles. The second-order valence-corrected chi connectivity index (χ2v) is 6.69. The molecule has 146 valence electrons. The van der Waals surface area contributed by atoms with Crippen LogP contribution in [0.3, 0.4) is 0 Å². The van der Waals surface area contributed by atoms with E-state index in [1.807, 2.05) is 6.07 Å². The number of nitrogens with zero attached hydrogens (tertiary/aromatic N) is 1. The highest BCUT2D eigenvalue weighted by atomic mass is 16.3. The fraction of sp³-hybridized carbons (Fsp3) is 0. The van der Waals surface area contributed by atoms with Crippen molar-refractivity contribution in [3.8, 4) is 11.4 Å². The Kier molecular flexibility index (Phi) is 5.09. The molecule has 0 aliphatic heterocycles. The summed E-state index contributed by atoms with van der Waals surface area (Å²) in [5, 5.41) is 10.1. The van der Waals surface area contributed by atoms with Gasteiger partial charge in [-0.25, -0.2) is 0 Å². The van der Waals surface area contributed by atoms with E-state index in [-0.39, 0.29) is 22.4 Å². The Hall–Kier alpha value is -4.25. The standard InChI is InChI=1S/C25H17NO4/c27-22-14-8-7-13-20(22)24(29)18-15-21(23(28)17-9-3-1-4-10-17)25(30)26(16-18)19-11-5-2-6-12-19/h1-16,27H. The van der Waals surface area contributed by atoms with E-state index in [0.29, 0.717) is 11.3 Å². The summed E-state index contributed by atoms with van der Waals surface area (Å²) in [4.78, 5) is 39.3. The van der Waals surface area contributed by atoms with Gasteiger partial charge in [-0.15, -0.1) is 0 Å². The topological polar surface area (TPSA) is 76.4 Å². The maximum atomic E-state index is 13.1. The van der Waals surface area contributed by atoms with Crippen molar-refractivity contribution in [1.29, 1.82) is 0 Å². The number of pyridine rings is 1. The number of aromatic hydroxyl groups is 1. The fourth-order valence-corrected chi connectivity index (χ4v) is 3.22. The maximum Gasteiger partial charge on any atom is 0.266 e. The normalized spacial score (nSPS) is 10.5. The summed E-state index contributed by atoms with van der Waals surface area (Å²) in [5.41, 5.74) is 0.446. The lowest BCUT2D eigenvalue weighted by molar-refractivity contribution is 0.103. The van der Waals surface area contributed by atoms with Crippen LogP contribution < -0.4 is 5.56 Å². The third-order valence-corrected chi connectivity index (χ3v) is 4.74. The van der Waals surface area contributed by atoms with E-state index >= 15 is 0 Å². The van der Waals surface area contributed by atoms with Gasteiger partial charge < -0.3 is 5.11 Å². The number of rotatable bonds is 5. The second-order valence-electron chi connectivity index (χ2n) is 6.69. The molecule has 1 aromatic heterocycles. The number of hydrogen-bond donors (Lipinski definition) is 1. The first-order chi connectivity index (χ1) is 14.6. The van der Waals surface area contributed by atoms with Crippen LogP contribution in [0.1, 0.15) is 31.8 Å². The van der Waals surface area contributed by atoms with Gasteiger partial charge in [0.15, 0.2) is 11.6 Å². The number of phenols is 1. The van der Waals surface area contributed by atoms with E-state index in [2.05, 4.69) is 0 Å². The van der Waals surface area contributed by atoms with Crippen molar-refractivity contribution in [1.82, 2.24) is 4.57 Å². The van der Waals surface area contributed by atoms with Crippen LogP contribution in [0, 0.1) is 0 Å². The quantitative estimate of drug-likeness (QED) is 0.518. The minimum absolute atomic E-state index is 0.0915. The second kappa shape index (κ2) is 8.01. The Labute approximate surface area is 172 Å². The summed E-state index contributed by atoms with van der Waals surface area (Å²) in [6.07, 6.45) is 1.40.